The number of hydrogen-bond acceptors (Lipinski definition) is 4. The average Bonchev–Trinajstić information content (AvgIpc) is 2.95. The van der Waals surface area contributed by atoms with Gasteiger partial charge in [0.2, 0.25) is 5.91 Å². The van der Waals surface area contributed by atoms with E-state index in [-0.39, 0.29) is 29.8 Å². The van der Waals surface area contributed by atoms with Crippen LogP contribution in [-0.4, -0.2) is 45.0 Å². The third-order valence-corrected chi connectivity index (χ3v) is 5.88. The fourth-order valence-corrected chi connectivity index (χ4v) is 4.47. The highest BCUT2D eigenvalue weighted by Gasteiger charge is 2.61. The number of nitrogens with zero attached hydrogens (tertiary/aromatic N) is 3. The largest absolute Gasteiger partial charge is 0.444 e. The molecule has 3 heterocycles. The summed E-state index contributed by atoms with van der Waals surface area (Å²) in [5, 5.41) is 3.19. The van der Waals surface area contributed by atoms with Gasteiger partial charge in [0.1, 0.15) is 11.4 Å². The standard InChI is InChI=1S/C22H30N4O3/c1-13-16-9-7-8-10-26(16)19(23-13)22(5,6)24-18(27)17-14-11-25(12-15(14)17)20(28)29-21(2,3)4/h7-10,14-15,17H,11-12H2,1-6H3,(H,24,27)/t14-,15+,17?. The van der Waals surface area contributed by atoms with Crippen molar-refractivity contribution in [1.82, 2.24) is 19.6 Å². The van der Waals surface area contributed by atoms with Crippen LogP contribution in [0.25, 0.3) is 5.52 Å². The minimum absolute atomic E-state index is 0.0409. The number of piperidine rings is 1. The smallest absolute Gasteiger partial charge is 0.410 e. The van der Waals surface area contributed by atoms with Crippen LogP contribution >= 0.6 is 0 Å². The van der Waals surface area contributed by atoms with Crippen LogP contribution in [0.1, 0.15) is 46.1 Å². The first kappa shape index (κ1) is 19.7. The van der Waals surface area contributed by atoms with Gasteiger partial charge in [0, 0.05) is 25.2 Å². The highest BCUT2D eigenvalue weighted by atomic mass is 16.6. The predicted molar refractivity (Wildman–Crippen MR) is 109 cm³/mol. The molecule has 7 heteroatoms. The van der Waals surface area contributed by atoms with Crippen LogP contribution in [0.5, 0.6) is 0 Å². The van der Waals surface area contributed by atoms with Gasteiger partial charge in [0.15, 0.2) is 0 Å². The fourth-order valence-electron chi connectivity index (χ4n) is 4.47. The van der Waals surface area contributed by atoms with E-state index in [1.54, 1.807) is 4.90 Å². The number of aryl methyl sites for hydroxylation is 1. The van der Waals surface area contributed by atoms with E-state index in [0.29, 0.717) is 13.1 Å². The van der Waals surface area contributed by atoms with Gasteiger partial charge in [-0.3, -0.25) is 4.79 Å². The second-order valence-electron chi connectivity index (χ2n) is 9.83. The van der Waals surface area contributed by atoms with Gasteiger partial charge >= 0.3 is 6.09 Å². The molecule has 29 heavy (non-hydrogen) atoms. The van der Waals surface area contributed by atoms with Gasteiger partial charge in [-0.25, -0.2) is 9.78 Å². The van der Waals surface area contributed by atoms with Crippen LogP contribution in [0.4, 0.5) is 4.79 Å². The molecule has 1 aliphatic heterocycles. The molecule has 0 aromatic carbocycles. The Morgan fingerprint density at radius 3 is 2.41 bits per heavy atom. The molecule has 3 atom stereocenters. The molecular weight excluding hydrogens is 368 g/mol. The summed E-state index contributed by atoms with van der Waals surface area (Å²) in [6, 6.07) is 5.98. The third-order valence-electron chi connectivity index (χ3n) is 5.88. The van der Waals surface area contributed by atoms with Gasteiger partial charge in [-0.1, -0.05) is 6.07 Å². The van der Waals surface area contributed by atoms with Crippen molar-refractivity contribution in [3.8, 4) is 0 Å². The Kier molecular flexibility index (Phi) is 4.40. The third kappa shape index (κ3) is 3.58. The van der Waals surface area contributed by atoms with Gasteiger partial charge in [0.05, 0.1) is 16.7 Å². The lowest BCUT2D eigenvalue weighted by Crippen LogP contribution is -2.45. The van der Waals surface area contributed by atoms with Gasteiger partial charge in [-0.05, 0) is 65.5 Å². The Morgan fingerprint density at radius 2 is 1.79 bits per heavy atom. The summed E-state index contributed by atoms with van der Waals surface area (Å²) >= 11 is 0. The number of carbonyl (C=O) groups excluding carboxylic acids is 2. The molecule has 1 N–H and O–H groups in total. The number of pyridine rings is 1. The Morgan fingerprint density at radius 1 is 1.14 bits per heavy atom. The second-order valence-corrected chi connectivity index (χ2v) is 9.83. The minimum atomic E-state index is -0.600. The highest BCUT2D eigenvalue weighted by Crippen LogP contribution is 2.52. The number of aromatic nitrogens is 2. The molecule has 2 aromatic heterocycles. The second kappa shape index (κ2) is 6.47. The summed E-state index contributed by atoms with van der Waals surface area (Å²) in [5.74, 6) is 1.26. The molecule has 2 aliphatic rings. The summed E-state index contributed by atoms with van der Waals surface area (Å²) in [6.45, 7) is 12.7. The van der Waals surface area contributed by atoms with E-state index in [1.807, 2.05) is 70.3 Å². The molecule has 7 nitrogen and oxygen atoms in total. The van der Waals surface area contributed by atoms with E-state index in [2.05, 4.69) is 5.32 Å². The molecule has 4 rings (SSSR count). The van der Waals surface area contributed by atoms with Crippen LogP contribution in [0.2, 0.25) is 0 Å². The van der Waals surface area contributed by atoms with Crippen LogP contribution in [0.3, 0.4) is 0 Å². The number of hydrogen-bond donors (Lipinski definition) is 1. The highest BCUT2D eigenvalue weighted by molar-refractivity contribution is 5.84. The number of rotatable bonds is 3. The average molecular weight is 399 g/mol. The zero-order valence-corrected chi connectivity index (χ0v) is 18.0. The van der Waals surface area contributed by atoms with Gasteiger partial charge < -0.3 is 19.4 Å². The molecule has 1 unspecified atom stereocenters. The molecule has 0 bridgehead atoms. The molecular formula is C22H30N4O3. The van der Waals surface area contributed by atoms with Gasteiger partial charge in [0.25, 0.3) is 0 Å². The van der Waals surface area contributed by atoms with Crippen LogP contribution in [0, 0.1) is 24.7 Å². The first-order chi connectivity index (χ1) is 13.5. The molecule has 1 saturated heterocycles. The summed E-state index contributed by atoms with van der Waals surface area (Å²) < 4.78 is 7.48. The van der Waals surface area contributed by atoms with Gasteiger partial charge in [-0.2, -0.15) is 0 Å². The van der Waals surface area contributed by atoms with E-state index < -0.39 is 11.1 Å². The van der Waals surface area contributed by atoms with Crippen LogP contribution < -0.4 is 5.32 Å². The quantitative estimate of drug-likeness (QED) is 0.862. The maximum absolute atomic E-state index is 13.0. The number of ether oxygens (including phenoxy) is 1. The molecule has 1 saturated carbocycles. The molecule has 1 aliphatic carbocycles. The number of likely N-dealkylation sites (tertiary alicyclic amines) is 1. The number of amides is 2. The number of nitrogens with one attached hydrogen (secondary N) is 1. The summed E-state index contributed by atoms with van der Waals surface area (Å²) in [7, 11) is 0. The Hall–Kier alpha value is -2.57. The summed E-state index contributed by atoms with van der Waals surface area (Å²) in [6.07, 6.45) is 1.69. The normalized spacial score (nSPS) is 23.8. The van der Waals surface area contributed by atoms with Crippen molar-refractivity contribution in [3.05, 3.63) is 35.9 Å². The molecule has 0 spiro atoms. The van der Waals surface area contributed by atoms with E-state index in [0.717, 1.165) is 17.0 Å². The number of fused-ring (bicyclic) bond motifs is 2. The van der Waals surface area contributed by atoms with Crippen molar-refractivity contribution in [2.24, 2.45) is 17.8 Å². The van der Waals surface area contributed by atoms with E-state index >= 15 is 0 Å². The van der Waals surface area contributed by atoms with Gasteiger partial charge in [-0.15, -0.1) is 0 Å². The van der Waals surface area contributed by atoms with E-state index in [9.17, 15) is 9.59 Å². The first-order valence-electron chi connectivity index (χ1n) is 10.2. The van der Waals surface area contributed by atoms with Crippen molar-refractivity contribution in [2.75, 3.05) is 13.1 Å². The first-order valence-corrected chi connectivity index (χ1v) is 10.2. The maximum atomic E-state index is 13.0. The molecule has 2 amide bonds. The molecule has 0 radical (unpaired) electrons. The van der Waals surface area contributed by atoms with Crippen molar-refractivity contribution < 1.29 is 14.3 Å². The maximum Gasteiger partial charge on any atom is 0.410 e. The van der Waals surface area contributed by atoms with Crippen molar-refractivity contribution in [1.29, 1.82) is 0 Å². The molecule has 2 fully saturated rings. The summed E-state index contributed by atoms with van der Waals surface area (Å²) in [4.78, 5) is 31.6. The zero-order chi connectivity index (χ0) is 21.1. The lowest BCUT2D eigenvalue weighted by Gasteiger charge is -2.27. The van der Waals surface area contributed by atoms with Crippen molar-refractivity contribution >= 4 is 17.5 Å². The monoisotopic (exact) mass is 398 g/mol. The summed E-state index contributed by atoms with van der Waals surface area (Å²) in [5.41, 5.74) is 0.882. The lowest BCUT2D eigenvalue weighted by atomic mass is 10.0. The lowest BCUT2D eigenvalue weighted by molar-refractivity contribution is -0.125. The van der Waals surface area contributed by atoms with Crippen molar-refractivity contribution in [2.45, 2.75) is 52.7 Å². The van der Waals surface area contributed by atoms with E-state index in [4.69, 9.17) is 9.72 Å². The fraction of sp³-hybridized carbons (Fsp3) is 0.591. The number of carbonyl (C=O) groups is 2. The Labute approximate surface area is 171 Å². The van der Waals surface area contributed by atoms with Crippen molar-refractivity contribution in [3.63, 3.8) is 0 Å². The number of imidazole rings is 1. The topological polar surface area (TPSA) is 75.9 Å². The molecule has 2 aromatic rings. The Bertz CT molecular complexity index is 960. The van der Waals surface area contributed by atoms with Crippen LogP contribution in [-0.2, 0) is 15.1 Å². The van der Waals surface area contributed by atoms with E-state index in [1.165, 1.54) is 0 Å². The SMILES string of the molecule is Cc1nc(C(C)(C)NC(=O)C2[C@H]3CN(C(=O)OC(C)(C)C)C[C@@H]23)n2ccccc12. The predicted octanol–water partition coefficient (Wildman–Crippen LogP) is 3.11. The molecule has 156 valence electrons. The minimum Gasteiger partial charge on any atom is -0.444 e. The Balaban J connectivity index is 1.41. The van der Waals surface area contributed by atoms with Crippen LogP contribution in [0.15, 0.2) is 24.4 Å². The zero-order valence-electron chi connectivity index (χ0n) is 18.0.